The summed E-state index contributed by atoms with van der Waals surface area (Å²) in [6, 6.07) is 14.3. The van der Waals surface area contributed by atoms with Crippen molar-refractivity contribution in [1.82, 2.24) is 19.4 Å². The number of amides is 1. The van der Waals surface area contributed by atoms with E-state index in [4.69, 9.17) is 4.74 Å². The predicted molar refractivity (Wildman–Crippen MR) is 121 cm³/mol. The summed E-state index contributed by atoms with van der Waals surface area (Å²) in [5.41, 5.74) is 2.74. The van der Waals surface area contributed by atoms with Crippen molar-refractivity contribution in [1.29, 1.82) is 0 Å². The fourth-order valence-corrected chi connectivity index (χ4v) is 3.84. The topological polar surface area (TPSA) is 50.6 Å². The number of aryl methyl sites for hydroxylation is 1. The molecule has 168 valence electrons. The van der Waals surface area contributed by atoms with Gasteiger partial charge in [0, 0.05) is 50.7 Å². The van der Waals surface area contributed by atoms with Crippen molar-refractivity contribution in [3.05, 3.63) is 89.3 Å². The maximum absolute atomic E-state index is 13.8. The second-order valence-electron chi connectivity index (χ2n) is 8.15. The number of hydrogen-bond donors (Lipinski definition) is 0. The van der Waals surface area contributed by atoms with Crippen LogP contribution in [-0.4, -0.2) is 64.7 Å². The number of morpholine rings is 1. The van der Waals surface area contributed by atoms with E-state index in [2.05, 4.69) is 45.6 Å². The summed E-state index contributed by atoms with van der Waals surface area (Å²) in [5, 5.41) is 0. The molecule has 0 spiro atoms. The van der Waals surface area contributed by atoms with Crippen molar-refractivity contribution >= 4 is 5.91 Å². The molecule has 1 aliphatic rings. The SMILES string of the molecule is Cc1ccc(Cn2ccnc2CN(CCN2CCOCC2)C(=O)c2cccc(F)c2)cc1. The third kappa shape index (κ3) is 5.81. The maximum atomic E-state index is 13.8. The van der Waals surface area contributed by atoms with E-state index in [0.29, 0.717) is 38.4 Å². The van der Waals surface area contributed by atoms with E-state index in [1.165, 1.54) is 23.3 Å². The molecule has 1 fully saturated rings. The molecular weight excluding hydrogens is 407 g/mol. The quantitative estimate of drug-likeness (QED) is 0.544. The Bertz CT molecular complexity index is 1030. The minimum atomic E-state index is -0.412. The summed E-state index contributed by atoms with van der Waals surface area (Å²) in [5.74, 6) is 0.199. The molecule has 1 aromatic heterocycles. The van der Waals surface area contributed by atoms with Crippen LogP contribution in [0.3, 0.4) is 0 Å². The van der Waals surface area contributed by atoms with Gasteiger partial charge in [0.2, 0.25) is 0 Å². The van der Waals surface area contributed by atoms with Gasteiger partial charge in [0.1, 0.15) is 11.6 Å². The molecule has 0 radical (unpaired) electrons. The van der Waals surface area contributed by atoms with Gasteiger partial charge in [-0.25, -0.2) is 9.37 Å². The molecule has 2 aromatic carbocycles. The third-order valence-electron chi connectivity index (χ3n) is 5.76. The number of imidazole rings is 1. The molecule has 0 aliphatic carbocycles. The van der Waals surface area contributed by atoms with Crippen molar-refractivity contribution in [3.63, 3.8) is 0 Å². The minimum absolute atomic E-state index is 0.192. The Morgan fingerprint density at radius 3 is 2.69 bits per heavy atom. The summed E-state index contributed by atoms with van der Waals surface area (Å²) >= 11 is 0. The fraction of sp³-hybridized carbons (Fsp3) is 0.360. The van der Waals surface area contributed by atoms with Crippen LogP contribution >= 0.6 is 0 Å². The Kier molecular flexibility index (Phi) is 7.29. The van der Waals surface area contributed by atoms with Crippen molar-refractivity contribution in [2.45, 2.75) is 20.0 Å². The molecular formula is C25H29FN4O2. The van der Waals surface area contributed by atoms with Crippen LogP contribution in [0.1, 0.15) is 27.3 Å². The molecule has 1 aliphatic heterocycles. The Morgan fingerprint density at radius 1 is 1.16 bits per heavy atom. The van der Waals surface area contributed by atoms with Crippen LogP contribution in [0.2, 0.25) is 0 Å². The van der Waals surface area contributed by atoms with Gasteiger partial charge in [-0.1, -0.05) is 35.9 Å². The molecule has 1 amide bonds. The van der Waals surface area contributed by atoms with E-state index in [0.717, 1.165) is 25.5 Å². The monoisotopic (exact) mass is 436 g/mol. The fourth-order valence-electron chi connectivity index (χ4n) is 3.84. The Hall–Kier alpha value is -3.03. The van der Waals surface area contributed by atoms with E-state index in [1.807, 2.05) is 6.20 Å². The van der Waals surface area contributed by atoms with Crippen LogP contribution in [0, 0.1) is 12.7 Å². The van der Waals surface area contributed by atoms with Crippen LogP contribution in [0.25, 0.3) is 0 Å². The van der Waals surface area contributed by atoms with E-state index in [1.54, 1.807) is 23.2 Å². The van der Waals surface area contributed by atoms with E-state index in [-0.39, 0.29) is 5.91 Å². The smallest absolute Gasteiger partial charge is 0.254 e. The van der Waals surface area contributed by atoms with Crippen LogP contribution in [0.15, 0.2) is 60.9 Å². The maximum Gasteiger partial charge on any atom is 0.254 e. The Labute approximate surface area is 188 Å². The number of aromatic nitrogens is 2. The lowest BCUT2D eigenvalue weighted by atomic mass is 10.1. The highest BCUT2D eigenvalue weighted by atomic mass is 19.1. The standard InChI is InChI=1S/C25H29FN4O2/c1-20-5-7-21(8-6-20)18-29-10-9-27-24(29)19-30(12-11-28-13-15-32-16-14-28)25(31)22-3-2-4-23(26)17-22/h2-10,17H,11-16,18-19H2,1H3. The van der Waals surface area contributed by atoms with Crippen molar-refractivity contribution in [3.8, 4) is 0 Å². The summed E-state index contributed by atoms with van der Waals surface area (Å²) in [6.45, 7) is 7.50. The zero-order valence-electron chi connectivity index (χ0n) is 18.4. The zero-order valence-corrected chi connectivity index (χ0v) is 18.4. The Balaban J connectivity index is 1.51. The number of carbonyl (C=O) groups is 1. The van der Waals surface area contributed by atoms with Gasteiger partial charge >= 0.3 is 0 Å². The van der Waals surface area contributed by atoms with Gasteiger partial charge in [-0.15, -0.1) is 0 Å². The first-order valence-corrected chi connectivity index (χ1v) is 11.0. The predicted octanol–water partition coefficient (Wildman–Crippen LogP) is 3.35. The van der Waals surface area contributed by atoms with Crippen LogP contribution in [0.4, 0.5) is 4.39 Å². The molecule has 0 bridgehead atoms. The lowest BCUT2D eigenvalue weighted by Crippen LogP contribution is -2.43. The molecule has 7 heteroatoms. The minimum Gasteiger partial charge on any atom is -0.379 e. The largest absolute Gasteiger partial charge is 0.379 e. The number of nitrogens with zero attached hydrogens (tertiary/aromatic N) is 4. The summed E-state index contributed by atoms with van der Waals surface area (Å²) in [7, 11) is 0. The zero-order chi connectivity index (χ0) is 22.3. The number of halogens is 1. The average Bonchev–Trinajstić information content (AvgIpc) is 3.25. The number of hydrogen-bond acceptors (Lipinski definition) is 4. The Morgan fingerprint density at radius 2 is 1.94 bits per heavy atom. The number of ether oxygens (including phenoxy) is 1. The first kappa shape index (κ1) is 22.2. The molecule has 0 saturated carbocycles. The molecule has 0 atom stereocenters. The number of benzene rings is 2. The highest BCUT2D eigenvalue weighted by Gasteiger charge is 2.21. The first-order valence-electron chi connectivity index (χ1n) is 11.0. The van der Waals surface area contributed by atoms with Gasteiger partial charge < -0.3 is 14.2 Å². The van der Waals surface area contributed by atoms with Crippen LogP contribution in [0.5, 0.6) is 0 Å². The van der Waals surface area contributed by atoms with Gasteiger partial charge in [0.25, 0.3) is 5.91 Å². The number of carbonyl (C=O) groups excluding carboxylic acids is 1. The first-order chi connectivity index (χ1) is 15.6. The van der Waals surface area contributed by atoms with E-state index < -0.39 is 5.82 Å². The normalized spacial score (nSPS) is 14.4. The molecule has 32 heavy (non-hydrogen) atoms. The molecule has 2 heterocycles. The van der Waals surface area contributed by atoms with E-state index >= 15 is 0 Å². The second-order valence-corrected chi connectivity index (χ2v) is 8.15. The number of rotatable bonds is 8. The average molecular weight is 437 g/mol. The molecule has 4 rings (SSSR count). The lowest BCUT2D eigenvalue weighted by molar-refractivity contribution is 0.0318. The third-order valence-corrected chi connectivity index (χ3v) is 5.76. The van der Waals surface area contributed by atoms with Gasteiger partial charge in [-0.05, 0) is 30.7 Å². The summed E-state index contributed by atoms with van der Waals surface area (Å²) < 4.78 is 21.3. The van der Waals surface area contributed by atoms with Crippen LogP contribution in [-0.2, 0) is 17.8 Å². The summed E-state index contributed by atoms with van der Waals surface area (Å²) in [6.07, 6.45) is 3.69. The highest BCUT2D eigenvalue weighted by molar-refractivity contribution is 5.94. The molecule has 0 N–H and O–H groups in total. The second kappa shape index (κ2) is 10.5. The highest BCUT2D eigenvalue weighted by Crippen LogP contribution is 2.13. The lowest BCUT2D eigenvalue weighted by Gasteiger charge is -2.30. The molecule has 6 nitrogen and oxygen atoms in total. The van der Waals surface area contributed by atoms with Gasteiger partial charge in [-0.3, -0.25) is 9.69 Å². The molecule has 3 aromatic rings. The summed E-state index contributed by atoms with van der Waals surface area (Å²) in [4.78, 5) is 21.8. The van der Waals surface area contributed by atoms with Gasteiger partial charge in [0.15, 0.2) is 0 Å². The van der Waals surface area contributed by atoms with Gasteiger partial charge in [0.05, 0.1) is 19.8 Å². The van der Waals surface area contributed by atoms with Crippen molar-refractivity contribution in [2.24, 2.45) is 0 Å². The van der Waals surface area contributed by atoms with Crippen molar-refractivity contribution in [2.75, 3.05) is 39.4 Å². The van der Waals surface area contributed by atoms with Crippen LogP contribution < -0.4 is 0 Å². The van der Waals surface area contributed by atoms with Crippen molar-refractivity contribution < 1.29 is 13.9 Å². The molecule has 1 saturated heterocycles. The van der Waals surface area contributed by atoms with E-state index in [9.17, 15) is 9.18 Å². The molecule has 0 unspecified atom stereocenters. The van der Waals surface area contributed by atoms with Gasteiger partial charge in [-0.2, -0.15) is 0 Å².